The monoisotopic (exact) mass is 639 g/mol. The Hall–Kier alpha value is -3.76. The number of esters is 1. The van der Waals surface area contributed by atoms with E-state index in [9.17, 15) is 42.6 Å². The zero-order valence-electron chi connectivity index (χ0n) is 24.9. The predicted molar refractivity (Wildman–Crippen MR) is 151 cm³/mol. The molecule has 17 heteroatoms. The van der Waals surface area contributed by atoms with E-state index in [1.807, 2.05) is 0 Å². The summed E-state index contributed by atoms with van der Waals surface area (Å²) in [4.78, 5) is 51.5. The van der Waals surface area contributed by atoms with E-state index in [1.54, 1.807) is 0 Å². The molecule has 5 atom stereocenters. The number of hydrogen-bond acceptors (Lipinski definition) is 9. The van der Waals surface area contributed by atoms with Gasteiger partial charge >= 0.3 is 24.2 Å². The summed E-state index contributed by atoms with van der Waals surface area (Å²) in [6.45, 7) is 2.06. The van der Waals surface area contributed by atoms with Crippen LogP contribution in [0.25, 0.3) is 0 Å². The minimum Gasteiger partial charge on any atom is -0.477 e. The van der Waals surface area contributed by atoms with Gasteiger partial charge in [0.05, 0.1) is 12.1 Å². The highest BCUT2D eigenvalue weighted by atomic mass is 19.4. The Bertz CT molecular complexity index is 1010. The second kappa shape index (κ2) is 19.5. The quantitative estimate of drug-likeness (QED) is 0.0518. The average molecular weight is 640 g/mol. The lowest BCUT2D eigenvalue weighted by Gasteiger charge is -2.40. The minimum absolute atomic E-state index is 0.152. The Morgan fingerprint density at radius 1 is 1.05 bits per heavy atom. The Kier molecular flexibility index (Phi) is 17.0. The fourth-order valence-corrected chi connectivity index (χ4v) is 4.47. The van der Waals surface area contributed by atoms with Crippen molar-refractivity contribution in [3.05, 3.63) is 11.8 Å². The van der Waals surface area contributed by atoms with E-state index < -0.39 is 78.8 Å². The number of amides is 2. The van der Waals surface area contributed by atoms with Gasteiger partial charge < -0.3 is 46.5 Å². The Morgan fingerprint density at radius 2 is 1.61 bits per heavy atom. The van der Waals surface area contributed by atoms with E-state index in [-0.39, 0.29) is 6.54 Å². The lowest BCUT2D eigenvalue weighted by molar-refractivity contribution is -0.204. The summed E-state index contributed by atoms with van der Waals surface area (Å²) in [5, 5.41) is 25.1. The van der Waals surface area contributed by atoms with Gasteiger partial charge in [-0.2, -0.15) is 13.2 Å². The van der Waals surface area contributed by atoms with Crippen molar-refractivity contribution in [2.24, 2.45) is 16.5 Å². The number of aliphatic hydroxyl groups excluding tert-OH is 1. The molecule has 2 amide bonds. The molecular weight excluding hydrogens is 595 g/mol. The largest absolute Gasteiger partial charge is 0.490 e. The molecule has 0 aromatic carbocycles. The van der Waals surface area contributed by atoms with Crippen molar-refractivity contribution >= 4 is 29.9 Å². The summed E-state index contributed by atoms with van der Waals surface area (Å²) < 4.78 is 52.8. The summed E-state index contributed by atoms with van der Waals surface area (Å²) in [6, 6.07) is -2.73. The summed E-state index contributed by atoms with van der Waals surface area (Å²) in [6.07, 6.45) is -1.03. The van der Waals surface area contributed by atoms with Gasteiger partial charge in [-0.15, -0.1) is 0 Å². The molecule has 1 rings (SSSR count). The molecule has 252 valence electrons. The molecule has 0 aliphatic carbocycles. The van der Waals surface area contributed by atoms with Gasteiger partial charge in [0.15, 0.2) is 18.2 Å². The molecule has 0 aromatic heterocycles. The molecule has 1 heterocycles. The first kappa shape index (κ1) is 38.3. The highest BCUT2D eigenvalue weighted by Crippen LogP contribution is 2.27. The number of ether oxygens (including phenoxy) is 3. The van der Waals surface area contributed by atoms with E-state index in [0.717, 1.165) is 45.1 Å². The molecule has 14 nitrogen and oxygen atoms in total. The van der Waals surface area contributed by atoms with Crippen LogP contribution in [0.5, 0.6) is 0 Å². The molecule has 44 heavy (non-hydrogen) atoms. The number of nitrogens with zero attached hydrogens (tertiary/aromatic N) is 1. The number of aliphatic imine (C=N–C) groups is 1. The number of rotatable bonds is 19. The number of unbranched alkanes of at least 4 members (excludes halogenated alkanes) is 9. The lowest BCUT2D eigenvalue weighted by atomic mass is 9.92. The summed E-state index contributed by atoms with van der Waals surface area (Å²) >= 11 is 0. The van der Waals surface area contributed by atoms with Gasteiger partial charge in [0, 0.05) is 13.5 Å². The third-order valence-corrected chi connectivity index (χ3v) is 6.55. The van der Waals surface area contributed by atoms with E-state index >= 15 is 0 Å². The predicted octanol–water partition coefficient (Wildman–Crippen LogP) is 1.98. The number of aliphatic carboxylic acids is 1. The van der Waals surface area contributed by atoms with Crippen LogP contribution in [0.1, 0.15) is 78.1 Å². The van der Waals surface area contributed by atoms with Crippen LogP contribution in [0.4, 0.5) is 18.0 Å². The number of carbonyl (C=O) groups is 4. The Morgan fingerprint density at radius 3 is 2.11 bits per heavy atom. The van der Waals surface area contributed by atoms with Gasteiger partial charge in [-0.1, -0.05) is 64.7 Å². The summed E-state index contributed by atoms with van der Waals surface area (Å²) in [5.41, 5.74) is 10.9. The zero-order chi connectivity index (χ0) is 33.3. The van der Waals surface area contributed by atoms with Crippen LogP contribution < -0.4 is 22.1 Å². The second-order valence-corrected chi connectivity index (χ2v) is 10.3. The van der Waals surface area contributed by atoms with Crippen LogP contribution in [-0.2, 0) is 28.6 Å². The highest BCUT2D eigenvalue weighted by molar-refractivity contribution is 5.85. The van der Waals surface area contributed by atoms with E-state index in [4.69, 9.17) is 20.9 Å². The molecule has 0 aromatic rings. The topological polar surface area (TPSA) is 225 Å². The fraction of sp³-hybridized carbons (Fsp3) is 0.741. The molecule has 0 bridgehead atoms. The number of nitrogens with one attached hydrogen (secondary N) is 2. The summed E-state index contributed by atoms with van der Waals surface area (Å²) in [5.74, 6) is -6.26. The molecule has 8 N–H and O–H groups in total. The minimum atomic E-state index is -5.39. The first-order valence-electron chi connectivity index (χ1n) is 14.5. The van der Waals surface area contributed by atoms with Crippen molar-refractivity contribution in [3.63, 3.8) is 0 Å². The maximum Gasteiger partial charge on any atom is 0.490 e. The van der Waals surface area contributed by atoms with Crippen LogP contribution in [0.2, 0.25) is 0 Å². The van der Waals surface area contributed by atoms with Crippen molar-refractivity contribution < 1.29 is 56.8 Å². The molecule has 0 spiro atoms. The van der Waals surface area contributed by atoms with E-state index in [1.165, 1.54) is 25.7 Å². The lowest BCUT2D eigenvalue weighted by Crippen LogP contribution is -2.61. The van der Waals surface area contributed by atoms with Gasteiger partial charge in [-0.3, -0.25) is 4.79 Å². The van der Waals surface area contributed by atoms with Gasteiger partial charge in [0.1, 0.15) is 12.7 Å². The van der Waals surface area contributed by atoms with Crippen molar-refractivity contribution in [2.45, 2.75) is 115 Å². The number of aliphatic hydroxyl groups is 1. The number of carboxylic acid groups (broad SMARTS) is 1. The van der Waals surface area contributed by atoms with Gasteiger partial charge in [-0.25, -0.2) is 19.4 Å². The molecular formula is C27H44F3N5O9. The number of nitrogens with two attached hydrogens (primary N) is 2. The SMILES string of the molecule is CCCCCCCCCCCCNC(=O)O[C@@H]([C@@H]1OC(C(=O)O)=C[C@H](N=C(N)N)[C@H]1NC(C)=O)[C@H](O)COC(=O)C(F)(F)F. The number of halogens is 3. The third kappa shape index (κ3) is 14.6. The zero-order valence-corrected chi connectivity index (χ0v) is 24.9. The Balaban J connectivity index is 3.03. The first-order valence-corrected chi connectivity index (χ1v) is 14.5. The van der Waals surface area contributed by atoms with E-state index in [0.29, 0.717) is 6.42 Å². The standard InChI is InChI=1S/C27H44F3N5O9/c1-3-4-5-6-7-8-9-10-11-12-13-33-26(41)44-21(18(37)15-42-24(40)27(28,29)30)22-20(34-16(2)36)17(35-25(31)32)14-19(43-22)23(38)39/h14,17-18,20-22,37H,3-13,15H2,1-2H3,(H,33,41)(H,34,36)(H,38,39)(H4,31,32,35)/t17-,18+,20+,21+,22+/m0/s1. The van der Waals surface area contributed by atoms with Gasteiger partial charge in [0.2, 0.25) is 11.7 Å². The van der Waals surface area contributed by atoms with Crippen molar-refractivity contribution in [3.8, 4) is 0 Å². The van der Waals surface area contributed by atoms with Gasteiger partial charge in [0.25, 0.3) is 0 Å². The number of carboxylic acids is 1. The third-order valence-electron chi connectivity index (χ3n) is 6.55. The Labute approximate surface area is 253 Å². The van der Waals surface area contributed by atoms with Crippen LogP contribution >= 0.6 is 0 Å². The smallest absolute Gasteiger partial charge is 0.477 e. The van der Waals surface area contributed by atoms with Crippen LogP contribution in [0, 0.1) is 0 Å². The molecule has 1 aliphatic rings. The molecule has 0 unspecified atom stereocenters. The molecule has 0 radical (unpaired) electrons. The normalized spacial score (nSPS) is 19.4. The summed E-state index contributed by atoms with van der Waals surface area (Å²) in [7, 11) is 0. The van der Waals surface area contributed by atoms with Crippen molar-refractivity contribution in [1.29, 1.82) is 0 Å². The molecule has 0 saturated heterocycles. The number of carbonyl (C=O) groups excluding carboxylic acids is 3. The fourth-order valence-electron chi connectivity index (χ4n) is 4.47. The maximum atomic E-state index is 12.7. The van der Waals surface area contributed by atoms with Crippen LogP contribution in [0.3, 0.4) is 0 Å². The van der Waals surface area contributed by atoms with Crippen molar-refractivity contribution in [2.75, 3.05) is 13.2 Å². The molecule has 0 saturated carbocycles. The first-order chi connectivity index (χ1) is 20.7. The molecule has 0 fully saturated rings. The maximum absolute atomic E-state index is 12.7. The number of alkyl halides is 3. The van der Waals surface area contributed by atoms with E-state index in [2.05, 4.69) is 27.3 Å². The van der Waals surface area contributed by atoms with Crippen LogP contribution in [-0.4, -0.2) is 89.8 Å². The number of hydrogen-bond donors (Lipinski definition) is 6. The second-order valence-electron chi connectivity index (χ2n) is 10.3. The average Bonchev–Trinajstić information content (AvgIpc) is 2.92. The number of guanidine groups is 1. The number of alkyl carbamates (subject to hydrolysis) is 1. The molecule has 1 aliphatic heterocycles. The van der Waals surface area contributed by atoms with Crippen molar-refractivity contribution in [1.82, 2.24) is 10.6 Å². The van der Waals surface area contributed by atoms with Crippen LogP contribution in [0.15, 0.2) is 16.8 Å². The highest BCUT2D eigenvalue weighted by Gasteiger charge is 2.48. The van der Waals surface area contributed by atoms with Gasteiger partial charge in [-0.05, 0) is 12.5 Å².